The molecular formula is C70H45NO2. The van der Waals surface area contributed by atoms with Gasteiger partial charge in [0.25, 0.3) is 0 Å². The van der Waals surface area contributed by atoms with Crippen LogP contribution in [0.15, 0.2) is 241 Å². The number of ether oxygens (including phenoxy) is 1. The molecule has 11 aromatic carbocycles. The zero-order chi connectivity index (χ0) is 48.2. The van der Waals surface area contributed by atoms with Crippen molar-refractivity contribution >= 4 is 39.0 Å². The van der Waals surface area contributed by atoms with Crippen LogP contribution in [0.25, 0.3) is 88.7 Å². The fourth-order valence-corrected chi connectivity index (χ4v) is 13.6. The number of para-hydroxylation sites is 3. The summed E-state index contributed by atoms with van der Waals surface area (Å²) < 4.78 is 14.0. The van der Waals surface area contributed by atoms with Crippen molar-refractivity contribution in [2.75, 3.05) is 4.90 Å². The van der Waals surface area contributed by atoms with E-state index in [1.54, 1.807) is 0 Å². The Morgan fingerprint density at radius 2 is 0.822 bits per heavy atom. The highest BCUT2D eigenvalue weighted by Crippen LogP contribution is 2.63. The van der Waals surface area contributed by atoms with Crippen molar-refractivity contribution in [3.63, 3.8) is 0 Å². The van der Waals surface area contributed by atoms with E-state index in [-0.39, 0.29) is 5.41 Å². The smallest absolute Gasteiger partial charge is 0.159 e. The number of fused-ring (bicyclic) bond motifs is 23. The van der Waals surface area contributed by atoms with Gasteiger partial charge < -0.3 is 14.1 Å². The molecule has 3 nitrogen and oxygen atoms in total. The molecule has 0 radical (unpaired) electrons. The number of benzene rings is 11. The molecule has 73 heavy (non-hydrogen) atoms. The predicted molar refractivity (Wildman–Crippen MR) is 299 cm³/mol. The molecule has 3 heteroatoms. The van der Waals surface area contributed by atoms with Gasteiger partial charge in [0.05, 0.1) is 11.1 Å². The summed E-state index contributed by atoms with van der Waals surface area (Å²) in [6.45, 7) is 4.73. The Bertz CT molecular complexity index is 4360. The van der Waals surface area contributed by atoms with Crippen molar-refractivity contribution < 1.29 is 9.15 Å². The maximum Gasteiger partial charge on any atom is 0.159 e. The first-order valence-electron chi connectivity index (χ1n) is 25.4. The minimum atomic E-state index is -0.684. The van der Waals surface area contributed by atoms with E-state index in [1.807, 2.05) is 0 Å². The van der Waals surface area contributed by atoms with Crippen molar-refractivity contribution in [2.45, 2.75) is 24.7 Å². The maximum atomic E-state index is 7.32. The molecule has 0 amide bonds. The Morgan fingerprint density at radius 3 is 1.58 bits per heavy atom. The van der Waals surface area contributed by atoms with E-state index in [1.165, 1.54) is 77.9 Å². The van der Waals surface area contributed by atoms with Gasteiger partial charge in [-0.3, -0.25) is 0 Å². The predicted octanol–water partition coefficient (Wildman–Crippen LogP) is 18.8. The molecule has 4 aliphatic rings. The van der Waals surface area contributed by atoms with Gasteiger partial charge in [0.15, 0.2) is 5.75 Å². The highest BCUT2D eigenvalue weighted by molar-refractivity contribution is 6.09. The summed E-state index contributed by atoms with van der Waals surface area (Å²) in [5.74, 6) is 1.65. The van der Waals surface area contributed by atoms with Crippen molar-refractivity contribution in [3.05, 3.63) is 270 Å². The summed E-state index contributed by atoms with van der Waals surface area (Å²) in [4.78, 5) is 2.46. The van der Waals surface area contributed by atoms with E-state index < -0.39 is 5.41 Å². The molecule has 0 saturated carbocycles. The summed E-state index contributed by atoms with van der Waals surface area (Å²) in [5, 5.41) is 2.25. The third kappa shape index (κ3) is 5.38. The van der Waals surface area contributed by atoms with E-state index in [9.17, 15) is 0 Å². The zero-order valence-corrected chi connectivity index (χ0v) is 40.3. The van der Waals surface area contributed by atoms with Gasteiger partial charge in [0, 0.05) is 38.7 Å². The van der Waals surface area contributed by atoms with Crippen molar-refractivity contribution in [1.82, 2.24) is 0 Å². The largest absolute Gasteiger partial charge is 0.456 e. The van der Waals surface area contributed by atoms with Gasteiger partial charge in [0.2, 0.25) is 0 Å². The fourth-order valence-electron chi connectivity index (χ4n) is 13.6. The first-order chi connectivity index (χ1) is 36.0. The highest BCUT2D eigenvalue weighted by Gasteiger charge is 2.50. The average molecular weight is 932 g/mol. The summed E-state index contributed by atoms with van der Waals surface area (Å²) in [7, 11) is 0. The Labute approximate surface area is 423 Å². The molecule has 1 atom stereocenters. The van der Waals surface area contributed by atoms with Gasteiger partial charge in [-0.05, 0) is 144 Å². The lowest BCUT2D eigenvalue weighted by Crippen LogP contribution is -2.29. The van der Waals surface area contributed by atoms with Crippen LogP contribution in [0.4, 0.5) is 17.1 Å². The lowest BCUT2D eigenvalue weighted by Gasteiger charge is -2.36. The zero-order valence-electron chi connectivity index (χ0n) is 40.3. The van der Waals surface area contributed by atoms with Gasteiger partial charge in [0.1, 0.15) is 16.9 Å². The molecule has 2 heterocycles. The standard InChI is InChI=1S/C70H45NO2/c1-69(2)58-28-12-7-23-49(58)51-36-34-43(39-62(51)69)71(64-31-17-27-54-46-20-5-4-19-45(46)52-25-10-16-33-66(52)73-68(54)64)42-35-37-61-55(38-42)47-21-6-3-18-44(47)48-22-8-13-29-59(48)70(61)60-30-14-9-24-50(60)56-41-67-57(40-63(56)70)53-26-11-15-32-65(53)72-67/h3-41H,1-2H3/t70-/m1/s1. The molecule has 0 N–H and O–H groups in total. The number of nitrogens with zero attached hydrogens (tertiary/aromatic N) is 1. The molecule has 0 saturated heterocycles. The Kier molecular flexibility index (Phi) is 8.16. The second kappa shape index (κ2) is 14.7. The first-order valence-corrected chi connectivity index (χ1v) is 25.4. The first kappa shape index (κ1) is 40.5. The van der Waals surface area contributed by atoms with Crippen molar-refractivity contribution in [2.24, 2.45) is 0 Å². The number of hydrogen-bond acceptors (Lipinski definition) is 3. The van der Waals surface area contributed by atoms with E-state index in [4.69, 9.17) is 9.15 Å². The van der Waals surface area contributed by atoms with Gasteiger partial charge in [-0.25, -0.2) is 0 Å². The quantitative estimate of drug-likeness (QED) is 0.177. The van der Waals surface area contributed by atoms with Crippen LogP contribution in [-0.4, -0.2) is 0 Å². The van der Waals surface area contributed by atoms with E-state index in [2.05, 4.69) is 255 Å². The summed E-state index contributed by atoms with van der Waals surface area (Å²) in [6.07, 6.45) is 0. The Hall–Kier alpha value is -9.18. The topological polar surface area (TPSA) is 25.6 Å². The molecule has 1 aliphatic heterocycles. The average Bonchev–Trinajstić information content (AvgIpc) is 4.03. The molecule has 0 fully saturated rings. The molecule has 1 aromatic heterocycles. The summed E-state index contributed by atoms with van der Waals surface area (Å²) in [5.41, 5.74) is 25.9. The molecule has 0 unspecified atom stereocenters. The third-order valence-corrected chi connectivity index (χ3v) is 16.7. The van der Waals surface area contributed by atoms with Gasteiger partial charge in [-0.2, -0.15) is 0 Å². The molecule has 3 aliphatic carbocycles. The number of rotatable bonds is 3. The van der Waals surface area contributed by atoms with E-state index in [0.29, 0.717) is 0 Å². The molecule has 12 aromatic rings. The van der Waals surface area contributed by atoms with Crippen LogP contribution in [0, 0.1) is 0 Å². The van der Waals surface area contributed by atoms with Gasteiger partial charge in [-0.15, -0.1) is 0 Å². The Balaban J connectivity index is 1.01. The van der Waals surface area contributed by atoms with E-state index in [0.717, 1.165) is 72.8 Å². The Morgan fingerprint density at radius 1 is 0.315 bits per heavy atom. The van der Waals surface area contributed by atoms with Crippen molar-refractivity contribution in [1.29, 1.82) is 0 Å². The molecule has 1 spiro atoms. The second-order valence-electron chi connectivity index (χ2n) is 20.6. The van der Waals surface area contributed by atoms with Crippen LogP contribution >= 0.6 is 0 Å². The normalized spacial score (nSPS) is 15.5. The summed E-state index contributed by atoms with van der Waals surface area (Å²) >= 11 is 0. The number of furan rings is 1. The SMILES string of the molecule is CC1(C)c2ccccc2-c2ccc(N(c3ccc4c(c3)-c3ccccc3-c3ccccc3[C@@]43c4ccccc4-c4cc5oc6ccccc6c5cc43)c3cccc4c3Oc3ccccc3-c3ccccc3-4)cc21. The lowest BCUT2D eigenvalue weighted by molar-refractivity contribution is 0.489. The maximum absolute atomic E-state index is 7.32. The van der Waals surface area contributed by atoms with E-state index >= 15 is 0 Å². The molecule has 16 rings (SSSR count). The second-order valence-corrected chi connectivity index (χ2v) is 20.6. The minimum Gasteiger partial charge on any atom is -0.456 e. The molecule has 0 bridgehead atoms. The summed E-state index contributed by atoms with van der Waals surface area (Å²) in [6, 6.07) is 87.5. The lowest BCUT2D eigenvalue weighted by atomic mass is 9.65. The molecule has 342 valence electrons. The van der Waals surface area contributed by atoms with Gasteiger partial charge >= 0.3 is 0 Å². The third-order valence-electron chi connectivity index (χ3n) is 16.7. The van der Waals surface area contributed by atoms with Crippen LogP contribution in [0.1, 0.15) is 47.2 Å². The van der Waals surface area contributed by atoms with Crippen LogP contribution in [0.5, 0.6) is 11.5 Å². The highest BCUT2D eigenvalue weighted by atomic mass is 16.5. The number of anilines is 3. The van der Waals surface area contributed by atoms with Crippen LogP contribution in [0.2, 0.25) is 0 Å². The minimum absolute atomic E-state index is 0.213. The monoisotopic (exact) mass is 931 g/mol. The fraction of sp³-hybridized carbons (Fsp3) is 0.0571. The van der Waals surface area contributed by atoms with Crippen molar-refractivity contribution in [3.8, 4) is 78.3 Å². The van der Waals surface area contributed by atoms with Crippen LogP contribution < -0.4 is 9.64 Å². The molecular weight excluding hydrogens is 887 g/mol. The number of hydrogen-bond donors (Lipinski definition) is 0. The van der Waals surface area contributed by atoms with Crippen LogP contribution in [-0.2, 0) is 10.8 Å². The van der Waals surface area contributed by atoms with Crippen LogP contribution in [0.3, 0.4) is 0 Å². The van der Waals surface area contributed by atoms with Gasteiger partial charge in [-0.1, -0.05) is 196 Å².